The van der Waals surface area contributed by atoms with Gasteiger partial charge in [0.25, 0.3) is 0 Å². The second-order valence-corrected chi connectivity index (χ2v) is 6.14. The summed E-state index contributed by atoms with van der Waals surface area (Å²) in [5, 5.41) is 3.36. The molecular formula is C16H26N4. The number of hydrogen-bond acceptors (Lipinski definition) is 4. The first kappa shape index (κ1) is 13.7. The molecule has 2 aliphatic rings. The van der Waals surface area contributed by atoms with E-state index in [2.05, 4.69) is 35.1 Å². The summed E-state index contributed by atoms with van der Waals surface area (Å²) in [6.45, 7) is 7.63. The molecule has 20 heavy (non-hydrogen) atoms. The van der Waals surface area contributed by atoms with E-state index >= 15 is 0 Å². The Bertz CT molecular complexity index is 456. The highest BCUT2D eigenvalue weighted by atomic mass is 15.2. The Morgan fingerprint density at radius 1 is 1.25 bits per heavy atom. The lowest BCUT2D eigenvalue weighted by atomic mass is 9.96. The molecule has 1 aromatic heterocycles. The number of nitrogens with zero attached hydrogens (tertiary/aromatic N) is 3. The lowest BCUT2D eigenvalue weighted by molar-refractivity contribution is 0.402. The van der Waals surface area contributed by atoms with E-state index in [9.17, 15) is 0 Å². The van der Waals surface area contributed by atoms with E-state index in [-0.39, 0.29) is 0 Å². The average molecular weight is 274 g/mol. The van der Waals surface area contributed by atoms with Crippen LogP contribution >= 0.6 is 0 Å². The molecule has 1 N–H and O–H groups in total. The molecule has 0 spiro atoms. The Labute approximate surface area is 122 Å². The molecule has 0 amide bonds. The topological polar surface area (TPSA) is 41.0 Å². The molecule has 4 heteroatoms. The number of anilines is 2. The van der Waals surface area contributed by atoms with Crippen LogP contribution in [0.5, 0.6) is 0 Å². The Morgan fingerprint density at radius 3 is 2.80 bits per heavy atom. The maximum absolute atomic E-state index is 4.84. The zero-order valence-corrected chi connectivity index (χ0v) is 12.7. The predicted molar refractivity (Wildman–Crippen MR) is 83.4 cm³/mol. The Morgan fingerprint density at radius 2 is 2.10 bits per heavy atom. The van der Waals surface area contributed by atoms with Crippen molar-refractivity contribution in [3.8, 4) is 0 Å². The van der Waals surface area contributed by atoms with Crippen molar-refractivity contribution in [3.05, 3.63) is 11.9 Å². The van der Waals surface area contributed by atoms with Crippen LogP contribution in [-0.4, -0.2) is 29.6 Å². The van der Waals surface area contributed by atoms with Gasteiger partial charge in [0.15, 0.2) is 0 Å². The minimum absolute atomic E-state index is 0.610. The van der Waals surface area contributed by atoms with Crippen molar-refractivity contribution < 1.29 is 0 Å². The van der Waals surface area contributed by atoms with E-state index in [0.717, 1.165) is 43.0 Å². The van der Waals surface area contributed by atoms with Gasteiger partial charge < -0.3 is 10.2 Å². The van der Waals surface area contributed by atoms with Crippen LogP contribution in [0.4, 0.5) is 11.6 Å². The van der Waals surface area contributed by atoms with Crippen molar-refractivity contribution in [2.45, 2.75) is 51.9 Å². The summed E-state index contributed by atoms with van der Waals surface area (Å²) in [4.78, 5) is 12.0. The van der Waals surface area contributed by atoms with E-state index < -0.39 is 0 Å². The maximum atomic E-state index is 4.84. The fraction of sp³-hybridized carbons (Fsp3) is 0.750. The van der Waals surface area contributed by atoms with Crippen LogP contribution in [0, 0.1) is 5.92 Å². The third-order valence-electron chi connectivity index (χ3n) is 4.45. The molecule has 0 radical (unpaired) electrons. The van der Waals surface area contributed by atoms with Gasteiger partial charge in [0, 0.05) is 31.6 Å². The van der Waals surface area contributed by atoms with Crippen LogP contribution in [0.1, 0.15) is 57.7 Å². The van der Waals surface area contributed by atoms with Crippen LogP contribution in [-0.2, 0) is 0 Å². The van der Waals surface area contributed by atoms with Crippen LogP contribution < -0.4 is 10.2 Å². The monoisotopic (exact) mass is 274 g/mol. The summed E-state index contributed by atoms with van der Waals surface area (Å²) in [6.07, 6.45) is 6.45. The molecule has 0 bridgehead atoms. The molecule has 1 aliphatic carbocycles. The largest absolute Gasteiger partial charge is 0.370 e. The molecule has 1 unspecified atom stereocenters. The number of nitrogens with one attached hydrogen (secondary N) is 1. The summed E-state index contributed by atoms with van der Waals surface area (Å²) in [5.41, 5.74) is 0. The van der Waals surface area contributed by atoms with Gasteiger partial charge in [-0.05, 0) is 38.5 Å². The second-order valence-electron chi connectivity index (χ2n) is 6.14. The smallest absolute Gasteiger partial charge is 0.136 e. The molecule has 1 aromatic rings. The van der Waals surface area contributed by atoms with E-state index in [1.165, 1.54) is 32.1 Å². The molecule has 110 valence electrons. The Balaban J connectivity index is 1.83. The highest BCUT2D eigenvalue weighted by Gasteiger charge is 2.28. The SMILES string of the molecule is CCNc1cc(N2CCCC(CC)C2)nc(C2CC2)n1. The van der Waals surface area contributed by atoms with Gasteiger partial charge in [0.05, 0.1) is 0 Å². The lowest BCUT2D eigenvalue weighted by Crippen LogP contribution is -2.36. The number of hydrogen-bond donors (Lipinski definition) is 1. The fourth-order valence-corrected chi connectivity index (χ4v) is 3.02. The molecule has 1 saturated heterocycles. The van der Waals surface area contributed by atoms with Gasteiger partial charge in [-0.15, -0.1) is 0 Å². The van der Waals surface area contributed by atoms with Crippen molar-refractivity contribution in [3.63, 3.8) is 0 Å². The average Bonchev–Trinajstić information content (AvgIpc) is 3.32. The number of rotatable bonds is 5. The number of piperidine rings is 1. The van der Waals surface area contributed by atoms with Crippen LogP contribution in [0.15, 0.2) is 6.07 Å². The van der Waals surface area contributed by atoms with E-state index in [0.29, 0.717) is 5.92 Å². The Kier molecular flexibility index (Phi) is 4.08. The molecule has 0 aromatic carbocycles. The highest BCUT2D eigenvalue weighted by molar-refractivity contribution is 5.50. The first-order valence-corrected chi connectivity index (χ1v) is 8.18. The van der Waals surface area contributed by atoms with Gasteiger partial charge in [-0.25, -0.2) is 9.97 Å². The standard InChI is InChI=1S/C16H26N4/c1-3-12-6-5-9-20(11-12)15-10-14(17-4-2)18-16(19-15)13-7-8-13/h10,12-13H,3-9,11H2,1-2H3,(H,17,18,19). The third kappa shape index (κ3) is 3.05. The van der Waals surface area contributed by atoms with Crippen molar-refractivity contribution in [2.75, 3.05) is 29.9 Å². The first-order chi connectivity index (χ1) is 9.80. The molecular weight excluding hydrogens is 248 g/mol. The van der Waals surface area contributed by atoms with Crippen LogP contribution in [0.2, 0.25) is 0 Å². The van der Waals surface area contributed by atoms with Gasteiger partial charge in [0.2, 0.25) is 0 Å². The van der Waals surface area contributed by atoms with Crippen molar-refractivity contribution in [1.29, 1.82) is 0 Å². The van der Waals surface area contributed by atoms with Crippen molar-refractivity contribution in [1.82, 2.24) is 9.97 Å². The van der Waals surface area contributed by atoms with Gasteiger partial charge in [-0.2, -0.15) is 0 Å². The normalized spacial score (nSPS) is 22.9. The fourth-order valence-electron chi connectivity index (χ4n) is 3.02. The summed E-state index contributed by atoms with van der Waals surface area (Å²) in [6, 6.07) is 2.13. The van der Waals surface area contributed by atoms with Gasteiger partial charge >= 0.3 is 0 Å². The molecule has 1 atom stereocenters. The minimum Gasteiger partial charge on any atom is -0.370 e. The summed E-state index contributed by atoms with van der Waals surface area (Å²) in [7, 11) is 0. The van der Waals surface area contributed by atoms with Gasteiger partial charge in [-0.3, -0.25) is 0 Å². The Hall–Kier alpha value is -1.32. The van der Waals surface area contributed by atoms with Crippen molar-refractivity contribution >= 4 is 11.6 Å². The van der Waals surface area contributed by atoms with Crippen LogP contribution in [0.25, 0.3) is 0 Å². The number of aromatic nitrogens is 2. The summed E-state index contributed by atoms with van der Waals surface area (Å²) in [5.74, 6) is 4.62. The summed E-state index contributed by atoms with van der Waals surface area (Å²) >= 11 is 0. The summed E-state index contributed by atoms with van der Waals surface area (Å²) < 4.78 is 0. The molecule has 3 rings (SSSR count). The zero-order chi connectivity index (χ0) is 13.9. The third-order valence-corrected chi connectivity index (χ3v) is 4.45. The maximum Gasteiger partial charge on any atom is 0.136 e. The quantitative estimate of drug-likeness (QED) is 0.893. The molecule has 2 heterocycles. The predicted octanol–water partition coefficient (Wildman–Crippen LogP) is 3.41. The molecule has 1 aliphatic heterocycles. The minimum atomic E-state index is 0.610. The highest BCUT2D eigenvalue weighted by Crippen LogP contribution is 2.39. The lowest BCUT2D eigenvalue weighted by Gasteiger charge is -2.33. The van der Waals surface area contributed by atoms with Gasteiger partial charge in [-0.1, -0.05) is 13.3 Å². The molecule has 1 saturated carbocycles. The van der Waals surface area contributed by atoms with Crippen molar-refractivity contribution in [2.24, 2.45) is 5.92 Å². The van der Waals surface area contributed by atoms with Crippen LogP contribution in [0.3, 0.4) is 0 Å². The van der Waals surface area contributed by atoms with Gasteiger partial charge in [0.1, 0.15) is 17.5 Å². The molecule has 2 fully saturated rings. The van der Waals surface area contributed by atoms with E-state index in [4.69, 9.17) is 4.98 Å². The van der Waals surface area contributed by atoms with E-state index in [1.54, 1.807) is 0 Å². The zero-order valence-electron chi connectivity index (χ0n) is 12.7. The molecule has 4 nitrogen and oxygen atoms in total. The second kappa shape index (κ2) is 5.98. The van der Waals surface area contributed by atoms with E-state index in [1.807, 2.05) is 0 Å². The first-order valence-electron chi connectivity index (χ1n) is 8.18.